The van der Waals surface area contributed by atoms with Crippen molar-refractivity contribution in [2.75, 3.05) is 0 Å². The third-order valence-electron chi connectivity index (χ3n) is 3.38. The average molecular weight is 309 g/mol. The summed E-state index contributed by atoms with van der Waals surface area (Å²) in [5, 5.41) is 13.4. The van der Waals surface area contributed by atoms with Crippen molar-refractivity contribution in [1.29, 1.82) is 0 Å². The molecule has 0 bridgehead atoms. The normalized spacial score (nSPS) is 12.0. The first kappa shape index (κ1) is 14.2. The number of nitrogens with zero attached hydrogens (tertiary/aromatic N) is 2. The number of carboxylic acids is 1. The van der Waals surface area contributed by atoms with E-state index in [4.69, 9.17) is 5.11 Å². The van der Waals surface area contributed by atoms with Crippen molar-refractivity contribution >= 4 is 16.9 Å². The van der Waals surface area contributed by atoms with Crippen molar-refractivity contribution in [2.24, 2.45) is 7.05 Å². The number of aromatic nitrogens is 3. The van der Waals surface area contributed by atoms with Crippen molar-refractivity contribution in [3.05, 3.63) is 41.7 Å². The number of nitrogens with one attached hydrogen (secondary N) is 1. The van der Waals surface area contributed by atoms with E-state index in [9.17, 15) is 18.0 Å². The summed E-state index contributed by atoms with van der Waals surface area (Å²) in [5.74, 6) is -1.17. The second-order valence-corrected chi connectivity index (χ2v) is 4.80. The van der Waals surface area contributed by atoms with Crippen LogP contribution in [0, 0.1) is 0 Å². The van der Waals surface area contributed by atoms with Gasteiger partial charge < -0.3 is 10.1 Å². The molecule has 3 aromatic rings. The third kappa shape index (κ3) is 2.22. The fraction of sp³-hybridized carbons (Fsp3) is 0.143. The van der Waals surface area contributed by atoms with Crippen molar-refractivity contribution in [2.45, 2.75) is 6.18 Å². The minimum atomic E-state index is -4.41. The number of alkyl halides is 3. The van der Waals surface area contributed by atoms with Gasteiger partial charge in [-0.3, -0.25) is 4.68 Å². The number of halogens is 3. The summed E-state index contributed by atoms with van der Waals surface area (Å²) >= 11 is 0. The molecule has 2 N–H and O–H groups in total. The average Bonchev–Trinajstić information content (AvgIpc) is 3.00. The zero-order valence-electron chi connectivity index (χ0n) is 11.3. The molecule has 2 aromatic heterocycles. The minimum Gasteiger partial charge on any atom is -0.476 e. The van der Waals surface area contributed by atoms with Gasteiger partial charge in [-0.1, -0.05) is 6.07 Å². The number of benzene rings is 1. The molecule has 0 aliphatic rings. The van der Waals surface area contributed by atoms with Crippen LogP contribution < -0.4 is 0 Å². The van der Waals surface area contributed by atoms with E-state index in [-0.39, 0.29) is 5.69 Å². The van der Waals surface area contributed by atoms with E-state index in [1.807, 2.05) is 0 Å². The highest BCUT2D eigenvalue weighted by Crippen LogP contribution is 2.34. The predicted molar refractivity (Wildman–Crippen MR) is 72.5 cm³/mol. The lowest BCUT2D eigenvalue weighted by Gasteiger charge is -2.06. The van der Waals surface area contributed by atoms with Gasteiger partial charge >= 0.3 is 12.1 Å². The smallest absolute Gasteiger partial charge is 0.416 e. The number of aromatic carboxylic acids is 1. The number of carbonyl (C=O) groups is 1. The van der Waals surface area contributed by atoms with Gasteiger partial charge in [-0.25, -0.2) is 4.79 Å². The summed E-state index contributed by atoms with van der Waals surface area (Å²) in [4.78, 5) is 13.7. The number of carboxylic acid groups (broad SMARTS) is 1. The Balaban J connectivity index is 2.15. The molecule has 3 rings (SSSR count). The lowest BCUT2D eigenvalue weighted by Crippen LogP contribution is -2.04. The van der Waals surface area contributed by atoms with E-state index in [1.54, 1.807) is 7.05 Å². The van der Waals surface area contributed by atoms with Crippen molar-refractivity contribution in [3.63, 3.8) is 0 Å². The summed E-state index contributed by atoms with van der Waals surface area (Å²) in [5.41, 5.74) is 0.543. The molecular weight excluding hydrogens is 299 g/mol. The minimum absolute atomic E-state index is 0.126. The van der Waals surface area contributed by atoms with Gasteiger partial charge in [-0.15, -0.1) is 0 Å². The van der Waals surface area contributed by atoms with Gasteiger partial charge in [0.1, 0.15) is 0 Å². The van der Waals surface area contributed by atoms with E-state index >= 15 is 0 Å². The molecule has 0 aliphatic carbocycles. The first-order valence-corrected chi connectivity index (χ1v) is 6.23. The van der Waals surface area contributed by atoms with E-state index in [2.05, 4.69) is 10.1 Å². The van der Waals surface area contributed by atoms with Crippen LogP contribution in [0.2, 0.25) is 0 Å². The Labute approximate surface area is 122 Å². The van der Waals surface area contributed by atoms with Gasteiger partial charge in [0, 0.05) is 29.7 Å². The Morgan fingerprint density at radius 1 is 1.32 bits per heavy atom. The standard InChI is InChI=1S/C14H10F3N3O2/c1-20-12(5-11(19-20)13(21)22)9-6-18-10-4-7(14(15,16)17)2-3-8(9)10/h2-6,18H,1H3,(H,21,22). The van der Waals surface area contributed by atoms with Gasteiger partial charge in [0.2, 0.25) is 0 Å². The lowest BCUT2D eigenvalue weighted by atomic mass is 10.1. The zero-order valence-corrected chi connectivity index (χ0v) is 11.3. The van der Waals surface area contributed by atoms with Crippen LogP contribution in [-0.4, -0.2) is 25.8 Å². The lowest BCUT2D eigenvalue weighted by molar-refractivity contribution is -0.137. The molecule has 8 heteroatoms. The second kappa shape index (κ2) is 4.62. The van der Waals surface area contributed by atoms with Gasteiger partial charge in [0.25, 0.3) is 0 Å². The molecule has 114 valence electrons. The Bertz CT molecular complexity index is 877. The van der Waals surface area contributed by atoms with Crippen LogP contribution in [-0.2, 0) is 13.2 Å². The molecule has 1 aromatic carbocycles. The van der Waals surface area contributed by atoms with E-state index in [0.29, 0.717) is 22.2 Å². The summed E-state index contributed by atoms with van der Waals surface area (Å²) in [6.07, 6.45) is -2.88. The summed E-state index contributed by atoms with van der Waals surface area (Å²) in [6.45, 7) is 0. The monoisotopic (exact) mass is 309 g/mol. The highest BCUT2D eigenvalue weighted by atomic mass is 19.4. The molecule has 0 atom stereocenters. The van der Waals surface area contributed by atoms with Gasteiger partial charge in [-0.05, 0) is 18.2 Å². The highest BCUT2D eigenvalue weighted by Gasteiger charge is 2.30. The van der Waals surface area contributed by atoms with Crippen LogP contribution in [0.15, 0.2) is 30.5 Å². The van der Waals surface area contributed by atoms with Crippen molar-refractivity contribution in [1.82, 2.24) is 14.8 Å². The topological polar surface area (TPSA) is 70.9 Å². The molecule has 0 saturated heterocycles. The second-order valence-electron chi connectivity index (χ2n) is 4.80. The number of rotatable bonds is 2. The number of hydrogen-bond acceptors (Lipinski definition) is 2. The SMILES string of the molecule is Cn1nc(C(=O)O)cc1-c1c[nH]c2cc(C(F)(F)F)ccc12. The van der Waals surface area contributed by atoms with Crippen molar-refractivity contribution < 1.29 is 23.1 Å². The van der Waals surface area contributed by atoms with Crippen LogP contribution in [0.1, 0.15) is 16.1 Å². The summed E-state index contributed by atoms with van der Waals surface area (Å²) < 4.78 is 39.5. The fourth-order valence-corrected chi connectivity index (χ4v) is 2.34. The van der Waals surface area contributed by atoms with Crippen LogP contribution in [0.4, 0.5) is 13.2 Å². The number of hydrogen-bond donors (Lipinski definition) is 2. The number of aryl methyl sites for hydroxylation is 1. The Hall–Kier alpha value is -2.77. The van der Waals surface area contributed by atoms with E-state index in [0.717, 1.165) is 12.1 Å². The fourth-order valence-electron chi connectivity index (χ4n) is 2.34. The summed E-state index contributed by atoms with van der Waals surface area (Å²) in [7, 11) is 1.57. The van der Waals surface area contributed by atoms with Gasteiger partial charge in [0.05, 0.1) is 11.3 Å². The molecule has 0 fully saturated rings. The molecule has 0 unspecified atom stereocenters. The zero-order chi connectivity index (χ0) is 16.1. The quantitative estimate of drug-likeness (QED) is 0.763. The Kier molecular flexibility index (Phi) is 2.98. The predicted octanol–water partition coefficient (Wildman–Crippen LogP) is 3.29. The molecule has 2 heterocycles. The maximum atomic E-state index is 12.7. The first-order valence-electron chi connectivity index (χ1n) is 6.23. The molecule has 0 radical (unpaired) electrons. The molecule has 0 amide bonds. The van der Waals surface area contributed by atoms with Crippen LogP contribution >= 0.6 is 0 Å². The molecule has 0 aliphatic heterocycles. The van der Waals surface area contributed by atoms with Gasteiger partial charge in [0.15, 0.2) is 5.69 Å². The van der Waals surface area contributed by atoms with Crippen LogP contribution in [0.5, 0.6) is 0 Å². The van der Waals surface area contributed by atoms with Crippen LogP contribution in [0.25, 0.3) is 22.2 Å². The first-order chi connectivity index (χ1) is 10.3. The maximum absolute atomic E-state index is 12.7. The summed E-state index contributed by atoms with van der Waals surface area (Å²) in [6, 6.07) is 4.75. The number of H-pyrrole nitrogens is 1. The molecule has 0 saturated carbocycles. The highest BCUT2D eigenvalue weighted by molar-refractivity contribution is 5.96. The number of fused-ring (bicyclic) bond motifs is 1. The van der Waals surface area contributed by atoms with E-state index < -0.39 is 17.7 Å². The molecule has 5 nitrogen and oxygen atoms in total. The van der Waals surface area contributed by atoms with E-state index in [1.165, 1.54) is 23.0 Å². The third-order valence-corrected chi connectivity index (χ3v) is 3.38. The van der Waals surface area contributed by atoms with Crippen molar-refractivity contribution in [3.8, 4) is 11.3 Å². The largest absolute Gasteiger partial charge is 0.476 e. The van der Waals surface area contributed by atoms with Gasteiger partial charge in [-0.2, -0.15) is 18.3 Å². The number of aromatic amines is 1. The van der Waals surface area contributed by atoms with Crippen LogP contribution in [0.3, 0.4) is 0 Å². The molecule has 0 spiro atoms. The maximum Gasteiger partial charge on any atom is 0.416 e. The molecular formula is C14H10F3N3O2. The Morgan fingerprint density at radius 3 is 2.64 bits per heavy atom. The Morgan fingerprint density at radius 2 is 2.05 bits per heavy atom. The molecule has 22 heavy (non-hydrogen) atoms.